The summed E-state index contributed by atoms with van der Waals surface area (Å²) in [6.45, 7) is 0. The number of hydrogen-bond acceptors (Lipinski definition) is 4. The normalized spacial score (nSPS) is 11.9. The van der Waals surface area contributed by atoms with Gasteiger partial charge in [-0.1, -0.05) is 54.6 Å². The Labute approximate surface area is 233 Å². The summed E-state index contributed by atoms with van der Waals surface area (Å²) in [5, 5.41) is 4.84. The molecule has 0 N–H and O–H groups in total. The predicted molar refractivity (Wildman–Crippen MR) is 164 cm³/mol. The molecule has 0 radical (unpaired) electrons. The van der Waals surface area contributed by atoms with Crippen molar-refractivity contribution in [3.8, 4) is 23.0 Å². The molecule has 0 bridgehead atoms. The molecule has 6 nitrogen and oxygen atoms in total. The first-order valence-corrected chi connectivity index (χ1v) is 13.5. The molecule has 192 valence electrons. The highest BCUT2D eigenvalue weighted by molar-refractivity contribution is 6.19. The minimum absolute atomic E-state index is 0.484. The smallest absolute Gasteiger partial charge is 0.246 e. The van der Waals surface area contributed by atoms with Crippen LogP contribution in [0.5, 0.6) is 0 Å². The molecule has 0 unspecified atom stereocenters. The quantitative estimate of drug-likeness (QED) is 0.231. The lowest BCUT2D eigenvalue weighted by Crippen LogP contribution is -1.96. The van der Waals surface area contributed by atoms with Crippen molar-refractivity contribution in [2.75, 3.05) is 0 Å². The highest BCUT2D eigenvalue weighted by Crippen LogP contribution is 2.39. The van der Waals surface area contributed by atoms with Gasteiger partial charge in [0, 0.05) is 33.4 Å². The van der Waals surface area contributed by atoms with Gasteiger partial charge in [-0.15, -0.1) is 0 Å². The van der Waals surface area contributed by atoms with E-state index in [0.717, 1.165) is 27.9 Å². The number of pyridine rings is 2. The SMILES string of the molecule is c1ccc(-n2c3ccccc3c3cc4c(cc32)c2ccccc2n4-c2ccc(-c3nc4ccncc4o3)nc2)cc1. The summed E-state index contributed by atoms with van der Waals surface area (Å²) < 4.78 is 10.6. The summed E-state index contributed by atoms with van der Waals surface area (Å²) in [5.74, 6) is 0.484. The highest BCUT2D eigenvalue weighted by Gasteiger charge is 2.18. The van der Waals surface area contributed by atoms with Crippen molar-refractivity contribution < 1.29 is 4.42 Å². The number of para-hydroxylation sites is 3. The predicted octanol–water partition coefficient (Wildman–Crippen LogP) is 8.48. The molecule has 0 spiro atoms. The van der Waals surface area contributed by atoms with Crippen LogP contribution >= 0.6 is 0 Å². The first-order valence-electron chi connectivity index (χ1n) is 13.5. The zero-order valence-corrected chi connectivity index (χ0v) is 21.8. The monoisotopic (exact) mass is 527 g/mol. The molecular formula is C35H21N5O. The van der Waals surface area contributed by atoms with E-state index in [2.05, 4.69) is 116 Å². The van der Waals surface area contributed by atoms with E-state index in [1.54, 1.807) is 12.4 Å². The molecule has 9 aromatic rings. The molecule has 0 aliphatic carbocycles. The van der Waals surface area contributed by atoms with E-state index < -0.39 is 0 Å². The van der Waals surface area contributed by atoms with Gasteiger partial charge in [-0.25, -0.2) is 9.97 Å². The molecule has 9 rings (SSSR count). The zero-order chi connectivity index (χ0) is 26.9. The van der Waals surface area contributed by atoms with Crippen LogP contribution in [0.1, 0.15) is 0 Å². The molecule has 0 atom stereocenters. The second kappa shape index (κ2) is 8.37. The van der Waals surface area contributed by atoms with Crippen LogP contribution < -0.4 is 0 Å². The third-order valence-electron chi connectivity index (χ3n) is 7.90. The van der Waals surface area contributed by atoms with Gasteiger partial charge >= 0.3 is 0 Å². The van der Waals surface area contributed by atoms with Gasteiger partial charge in [0.25, 0.3) is 0 Å². The average Bonchev–Trinajstić information content (AvgIpc) is 3.71. The van der Waals surface area contributed by atoms with Gasteiger partial charge in [-0.05, 0) is 54.6 Å². The fourth-order valence-corrected chi connectivity index (χ4v) is 6.10. The standard InChI is InChI=1S/C35H21N5O/c1-2-8-22(9-3-1)39-30-12-6-4-10-24(30)26-19-33-27(18-32(26)39)25-11-5-7-13-31(25)40(33)23-14-15-29(37-20-23)35-38-28-16-17-36-21-34(28)41-35/h1-21H. The number of aromatic nitrogens is 5. The topological polar surface area (TPSA) is 61.7 Å². The lowest BCUT2D eigenvalue weighted by Gasteiger charge is -2.09. The van der Waals surface area contributed by atoms with Crippen molar-refractivity contribution in [1.82, 2.24) is 24.1 Å². The first kappa shape index (κ1) is 22.1. The minimum atomic E-state index is 0.484. The van der Waals surface area contributed by atoms with Crippen LogP contribution in [0, 0.1) is 0 Å². The Kier molecular flexibility index (Phi) is 4.51. The van der Waals surface area contributed by atoms with Crippen molar-refractivity contribution in [1.29, 1.82) is 0 Å². The van der Waals surface area contributed by atoms with Crippen LogP contribution in [0.15, 0.2) is 132 Å². The average molecular weight is 528 g/mol. The third-order valence-corrected chi connectivity index (χ3v) is 7.90. The second-order valence-corrected chi connectivity index (χ2v) is 10.2. The van der Waals surface area contributed by atoms with Gasteiger partial charge in [0.15, 0.2) is 5.58 Å². The summed E-state index contributed by atoms with van der Waals surface area (Å²) in [6, 6.07) is 38.3. The third kappa shape index (κ3) is 3.22. The summed E-state index contributed by atoms with van der Waals surface area (Å²) in [4.78, 5) is 13.5. The summed E-state index contributed by atoms with van der Waals surface area (Å²) in [6.07, 6.45) is 5.28. The first-order chi connectivity index (χ1) is 20.3. The summed E-state index contributed by atoms with van der Waals surface area (Å²) in [7, 11) is 0. The van der Waals surface area contributed by atoms with E-state index in [1.165, 1.54) is 32.6 Å². The number of hydrogen-bond donors (Lipinski definition) is 0. The van der Waals surface area contributed by atoms with E-state index in [-0.39, 0.29) is 0 Å². The van der Waals surface area contributed by atoms with E-state index >= 15 is 0 Å². The van der Waals surface area contributed by atoms with Gasteiger partial charge in [0.2, 0.25) is 5.89 Å². The lowest BCUT2D eigenvalue weighted by atomic mass is 10.1. The maximum Gasteiger partial charge on any atom is 0.246 e. The maximum absolute atomic E-state index is 5.91. The van der Waals surface area contributed by atoms with Crippen molar-refractivity contribution >= 4 is 54.7 Å². The van der Waals surface area contributed by atoms with E-state index in [9.17, 15) is 0 Å². The van der Waals surface area contributed by atoms with E-state index in [0.29, 0.717) is 17.2 Å². The number of nitrogens with zero attached hydrogens (tertiary/aromatic N) is 5. The number of oxazole rings is 1. The second-order valence-electron chi connectivity index (χ2n) is 10.2. The zero-order valence-electron chi connectivity index (χ0n) is 21.8. The van der Waals surface area contributed by atoms with Crippen LogP contribution in [-0.2, 0) is 0 Å². The Bertz CT molecular complexity index is 2380. The molecule has 5 aromatic heterocycles. The molecular weight excluding hydrogens is 506 g/mol. The van der Waals surface area contributed by atoms with E-state index in [4.69, 9.17) is 9.40 Å². The lowest BCUT2D eigenvalue weighted by molar-refractivity contribution is 0.615. The Hall–Kier alpha value is -5.75. The largest absolute Gasteiger partial charge is 0.433 e. The molecule has 0 fully saturated rings. The molecule has 0 saturated heterocycles. The molecule has 5 heterocycles. The molecule has 0 aliphatic rings. The Morgan fingerprint density at radius 3 is 1.85 bits per heavy atom. The summed E-state index contributed by atoms with van der Waals surface area (Å²) >= 11 is 0. The highest BCUT2D eigenvalue weighted by atomic mass is 16.3. The maximum atomic E-state index is 5.91. The van der Waals surface area contributed by atoms with Crippen LogP contribution in [0.2, 0.25) is 0 Å². The molecule has 6 heteroatoms. The molecule has 0 saturated carbocycles. The Morgan fingerprint density at radius 2 is 1.20 bits per heavy atom. The number of rotatable bonds is 3. The van der Waals surface area contributed by atoms with Gasteiger partial charge in [-0.3, -0.25) is 4.98 Å². The van der Waals surface area contributed by atoms with Gasteiger partial charge < -0.3 is 13.6 Å². The van der Waals surface area contributed by atoms with Crippen LogP contribution in [0.3, 0.4) is 0 Å². The van der Waals surface area contributed by atoms with Gasteiger partial charge in [-0.2, -0.15) is 0 Å². The number of benzene rings is 4. The molecule has 0 amide bonds. The summed E-state index contributed by atoms with van der Waals surface area (Å²) in [5.41, 5.74) is 8.87. The Morgan fingerprint density at radius 1 is 0.537 bits per heavy atom. The molecule has 4 aromatic carbocycles. The van der Waals surface area contributed by atoms with E-state index in [1.807, 2.05) is 18.3 Å². The van der Waals surface area contributed by atoms with Crippen molar-refractivity contribution in [2.45, 2.75) is 0 Å². The van der Waals surface area contributed by atoms with Crippen LogP contribution in [-0.4, -0.2) is 24.1 Å². The fourth-order valence-electron chi connectivity index (χ4n) is 6.10. The van der Waals surface area contributed by atoms with Crippen LogP contribution in [0.25, 0.3) is 77.7 Å². The van der Waals surface area contributed by atoms with Crippen molar-refractivity contribution in [2.24, 2.45) is 0 Å². The van der Waals surface area contributed by atoms with Gasteiger partial charge in [0.1, 0.15) is 11.2 Å². The number of fused-ring (bicyclic) bond motifs is 7. The minimum Gasteiger partial charge on any atom is -0.433 e. The fraction of sp³-hybridized carbons (Fsp3) is 0. The Balaban J connectivity index is 1.30. The van der Waals surface area contributed by atoms with Crippen LogP contribution in [0.4, 0.5) is 0 Å². The molecule has 41 heavy (non-hydrogen) atoms. The molecule has 0 aliphatic heterocycles. The van der Waals surface area contributed by atoms with Crippen molar-refractivity contribution in [3.05, 3.63) is 128 Å². The van der Waals surface area contributed by atoms with Gasteiger partial charge in [0.05, 0.1) is 40.1 Å². The van der Waals surface area contributed by atoms with Crippen molar-refractivity contribution in [3.63, 3.8) is 0 Å².